The van der Waals surface area contributed by atoms with Crippen LogP contribution in [-0.4, -0.2) is 46.4 Å². The van der Waals surface area contributed by atoms with Crippen LogP contribution in [-0.2, 0) is 10.3 Å². The van der Waals surface area contributed by atoms with E-state index in [1.54, 1.807) is 40.7 Å². The molecule has 150 valence electrons. The largest absolute Gasteiger partial charge is 0.444 e. The van der Waals surface area contributed by atoms with Gasteiger partial charge in [-0.1, -0.05) is 0 Å². The van der Waals surface area contributed by atoms with Crippen LogP contribution in [0.2, 0.25) is 0 Å². The number of anilines is 1. The fraction of sp³-hybridized carbons (Fsp3) is 0.588. The van der Waals surface area contributed by atoms with Crippen LogP contribution in [0.5, 0.6) is 0 Å². The van der Waals surface area contributed by atoms with Gasteiger partial charge in [-0.25, -0.2) is 14.6 Å². The first kappa shape index (κ1) is 20.8. The smallest absolute Gasteiger partial charge is 0.413 e. The molecule has 2 heterocycles. The summed E-state index contributed by atoms with van der Waals surface area (Å²) in [7, 11) is 0. The Hall–Kier alpha value is -2.52. The Bertz CT molecular complexity index is 729. The molecule has 1 aromatic heterocycles. The maximum absolute atomic E-state index is 12.9. The molecule has 0 spiro atoms. The third-order valence-electron chi connectivity index (χ3n) is 4.07. The molecule has 1 aliphatic rings. The van der Waals surface area contributed by atoms with Crippen molar-refractivity contribution < 1.29 is 27.5 Å². The van der Waals surface area contributed by atoms with Crippen molar-refractivity contribution in [2.75, 3.05) is 11.9 Å². The lowest BCUT2D eigenvalue weighted by Crippen LogP contribution is -2.43. The number of nitrogens with one attached hydrogen (secondary N) is 2. The quantitative estimate of drug-likeness (QED) is 0.828. The lowest BCUT2D eigenvalue weighted by molar-refractivity contribution is -0.150. The van der Waals surface area contributed by atoms with Gasteiger partial charge < -0.3 is 15.0 Å². The molecule has 10 heteroatoms. The molecule has 2 rings (SSSR count). The van der Waals surface area contributed by atoms with Crippen molar-refractivity contribution in [3.8, 4) is 0 Å². The fourth-order valence-electron chi connectivity index (χ4n) is 2.65. The first-order valence-corrected chi connectivity index (χ1v) is 8.31. The summed E-state index contributed by atoms with van der Waals surface area (Å²) in [5.41, 5.74) is -1.24. The molecule has 27 heavy (non-hydrogen) atoms. The number of ether oxygens (including phenoxy) is 1. The summed E-state index contributed by atoms with van der Waals surface area (Å²) in [6, 6.07) is 0.346. The van der Waals surface area contributed by atoms with Crippen molar-refractivity contribution >= 4 is 17.9 Å². The molecule has 2 N–H and O–H groups in total. The fourth-order valence-corrected chi connectivity index (χ4v) is 2.65. The highest BCUT2D eigenvalue weighted by molar-refractivity contribution is 5.83. The number of hydrogen-bond acceptors (Lipinski definition) is 4. The number of rotatable bonds is 3. The van der Waals surface area contributed by atoms with Crippen molar-refractivity contribution in [3.63, 3.8) is 0 Å². The molecule has 3 amide bonds. The zero-order valence-corrected chi connectivity index (χ0v) is 15.8. The Morgan fingerprint density at radius 3 is 2.44 bits per heavy atom. The standard InChI is InChI=1S/C17H23F3N4O3/c1-15(2,3)27-14(26)23-12-8-10(6-7-21-12)16(4,5)24-9-11(17(18,19)20)22-13(24)25/h6-8,11H,9H2,1-5H3,(H,22,25)(H,21,23,26)/t11-/m0/s1. The maximum atomic E-state index is 12.9. The predicted molar refractivity (Wildman–Crippen MR) is 92.2 cm³/mol. The van der Waals surface area contributed by atoms with Gasteiger partial charge in [0.1, 0.15) is 17.5 Å². The van der Waals surface area contributed by atoms with E-state index in [0.717, 1.165) is 4.90 Å². The summed E-state index contributed by atoms with van der Waals surface area (Å²) in [5, 5.41) is 4.42. The van der Waals surface area contributed by atoms with Gasteiger partial charge in [-0.05, 0) is 52.3 Å². The normalized spacial score (nSPS) is 18.3. The molecule has 1 saturated heterocycles. The van der Waals surface area contributed by atoms with Gasteiger partial charge in [0.2, 0.25) is 0 Å². The third-order valence-corrected chi connectivity index (χ3v) is 4.07. The number of urea groups is 1. The van der Waals surface area contributed by atoms with Crippen LogP contribution in [0.4, 0.5) is 28.6 Å². The van der Waals surface area contributed by atoms with Gasteiger partial charge in [0.05, 0.1) is 12.1 Å². The maximum Gasteiger partial charge on any atom is 0.413 e. The van der Waals surface area contributed by atoms with E-state index >= 15 is 0 Å². The van der Waals surface area contributed by atoms with E-state index in [4.69, 9.17) is 4.74 Å². The van der Waals surface area contributed by atoms with E-state index in [-0.39, 0.29) is 5.82 Å². The minimum atomic E-state index is -4.53. The Kier molecular flexibility index (Phi) is 5.31. The van der Waals surface area contributed by atoms with Crippen LogP contribution in [0.1, 0.15) is 40.2 Å². The summed E-state index contributed by atoms with van der Waals surface area (Å²) in [6.07, 6.45) is -3.83. The molecular formula is C17H23F3N4O3. The van der Waals surface area contributed by atoms with Crippen LogP contribution in [0.15, 0.2) is 18.3 Å². The van der Waals surface area contributed by atoms with Gasteiger partial charge in [0.25, 0.3) is 0 Å². The summed E-state index contributed by atoms with van der Waals surface area (Å²) in [6.45, 7) is 7.87. The summed E-state index contributed by atoms with van der Waals surface area (Å²) >= 11 is 0. The van der Waals surface area contributed by atoms with Gasteiger partial charge in [-0.2, -0.15) is 13.2 Å². The Labute approximate surface area is 155 Å². The molecular weight excluding hydrogens is 365 g/mol. The topological polar surface area (TPSA) is 83.6 Å². The van der Waals surface area contributed by atoms with Crippen molar-refractivity contribution in [2.24, 2.45) is 0 Å². The van der Waals surface area contributed by atoms with Gasteiger partial charge >= 0.3 is 18.3 Å². The zero-order chi connectivity index (χ0) is 20.6. The van der Waals surface area contributed by atoms with E-state index in [9.17, 15) is 22.8 Å². The second-order valence-electron chi connectivity index (χ2n) is 7.77. The second kappa shape index (κ2) is 6.90. The number of carbonyl (C=O) groups excluding carboxylic acids is 2. The molecule has 1 aromatic rings. The van der Waals surface area contributed by atoms with Crippen LogP contribution in [0.3, 0.4) is 0 Å². The van der Waals surface area contributed by atoms with Gasteiger partial charge in [0.15, 0.2) is 0 Å². The van der Waals surface area contributed by atoms with E-state index in [1.165, 1.54) is 12.3 Å². The Morgan fingerprint density at radius 1 is 1.30 bits per heavy atom. The monoisotopic (exact) mass is 388 g/mol. The van der Waals surface area contributed by atoms with Crippen LogP contribution in [0, 0.1) is 0 Å². The minimum Gasteiger partial charge on any atom is -0.444 e. The van der Waals surface area contributed by atoms with Crippen molar-refractivity contribution in [2.45, 2.75) is 58.0 Å². The highest BCUT2D eigenvalue weighted by Gasteiger charge is 2.50. The number of carbonyl (C=O) groups is 2. The highest BCUT2D eigenvalue weighted by Crippen LogP contribution is 2.34. The van der Waals surface area contributed by atoms with Gasteiger partial charge in [-0.3, -0.25) is 5.32 Å². The van der Waals surface area contributed by atoms with E-state index in [0.29, 0.717) is 5.56 Å². The van der Waals surface area contributed by atoms with Crippen LogP contribution >= 0.6 is 0 Å². The van der Waals surface area contributed by atoms with Gasteiger partial charge in [-0.15, -0.1) is 0 Å². The summed E-state index contributed by atoms with van der Waals surface area (Å²) < 4.78 is 43.9. The molecule has 0 aromatic carbocycles. The number of pyridine rings is 1. The number of amides is 3. The third kappa shape index (κ3) is 5.01. The molecule has 1 fully saturated rings. The highest BCUT2D eigenvalue weighted by atomic mass is 19.4. The molecule has 1 aliphatic heterocycles. The first-order chi connectivity index (χ1) is 12.2. The number of alkyl halides is 3. The van der Waals surface area contributed by atoms with Crippen molar-refractivity contribution in [1.82, 2.24) is 15.2 Å². The van der Waals surface area contributed by atoms with E-state index in [1.807, 2.05) is 5.32 Å². The number of aromatic nitrogens is 1. The molecule has 0 aliphatic carbocycles. The minimum absolute atomic E-state index is 0.168. The average molecular weight is 388 g/mol. The second-order valence-corrected chi connectivity index (χ2v) is 7.77. The molecule has 0 radical (unpaired) electrons. The number of hydrogen-bond donors (Lipinski definition) is 2. The van der Waals surface area contributed by atoms with Crippen molar-refractivity contribution in [3.05, 3.63) is 23.9 Å². The van der Waals surface area contributed by atoms with Crippen LogP contribution in [0.25, 0.3) is 0 Å². The Morgan fingerprint density at radius 2 is 1.93 bits per heavy atom. The SMILES string of the molecule is CC(C)(C)OC(=O)Nc1cc(C(C)(C)N2C[C@@H](C(F)(F)F)NC2=O)ccn1. The summed E-state index contributed by atoms with van der Waals surface area (Å²) in [4.78, 5) is 29.1. The van der Waals surface area contributed by atoms with Crippen molar-refractivity contribution in [1.29, 1.82) is 0 Å². The molecule has 0 saturated carbocycles. The van der Waals surface area contributed by atoms with E-state index < -0.39 is 42.0 Å². The number of halogens is 3. The number of nitrogens with zero attached hydrogens (tertiary/aromatic N) is 2. The lowest BCUT2D eigenvalue weighted by atomic mass is 9.93. The Balaban J connectivity index is 2.20. The molecule has 1 atom stereocenters. The van der Waals surface area contributed by atoms with Crippen LogP contribution < -0.4 is 10.6 Å². The zero-order valence-electron chi connectivity index (χ0n) is 15.8. The average Bonchev–Trinajstić information content (AvgIpc) is 2.88. The lowest BCUT2D eigenvalue weighted by Gasteiger charge is -2.35. The van der Waals surface area contributed by atoms with E-state index in [2.05, 4.69) is 10.3 Å². The molecule has 7 nitrogen and oxygen atoms in total. The predicted octanol–water partition coefficient (Wildman–Crippen LogP) is 3.62. The van der Waals surface area contributed by atoms with Gasteiger partial charge in [0, 0.05) is 6.20 Å². The first-order valence-electron chi connectivity index (χ1n) is 8.31. The molecule has 0 unspecified atom stereocenters. The molecule has 0 bridgehead atoms. The summed E-state index contributed by atoms with van der Waals surface area (Å²) in [5.74, 6) is 0.168.